The Morgan fingerprint density at radius 2 is 2.29 bits per heavy atom. The van der Waals surface area contributed by atoms with E-state index < -0.39 is 0 Å². The fourth-order valence-corrected chi connectivity index (χ4v) is 3.27. The molecule has 1 aromatic carbocycles. The van der Waals surface area contributed by atoms with Gasteiger partial charge in [-0.25, -0.2) is 0 Å². The van der Waals surface area contributed by atoms with Crippen LogP contribution in [0.15, 0.2) is 18.2 Å². The summed E-state index contributed by atoms with van der Waals surface area (Å²) in [5.41, 5.74) is 1.64. The molecule has 0 spiro atoms. The molecule has 0 radical (unpaired) electrons. The lowest BCUT2D eigenvalue weighted by molar-refractivity contribution is 0.0951. The molecule has 0 aliphatic carbocycles. The van der Waals surface area contributed by atoms with Crippen LogP contribution in [-0.4, -0.2) is 37.1 Å². The molecule has 2 heterocycles. The number of ether oxygens (including phenoxy) is 1. The molecule has 1 aromatic rings. The largest absolute Gasteiger partial charge is 0.484 e. The van der Waals surface area contributed by atoms with E-state index in [1.165, 1.54) is 0 Å². The fraction of sp³-hybridized carbons (Fsp3) is 0.588. The summed E-state index contributed by atoms with van der Waals surface area (Å²) in [6.07, 6.45) is 2.02. The zero-order chi connectivity index (χ0) is 15.0. The number of anilines is 1. The van der Waals surface area contributed by atoms with Gasteiger partial charge in [0.1, 0.15) is 11.4 Å². The summed E-state index contributed by atoms with van der Waals surface area (Å²) in [5, 5.41) is 3.28. The maximum absolute atomic E-state index is 12.5. The SMILES string of the molecule is CCN1CC(C)(C)Oc2ccc(C(=O)C3CCCN3)cc21. The van der Waals surface area contributed by atoms with E-state index in [2.05, 4.69) is 31.0 Å². The Bertz CT molecular complexity index is 548. The van der Waals surface area contributed by atoms with Crippen LogP contribution in [0.25, 0.3) is 0 Å². The third kappa shape index (κ3) is 2.77. The summed E-state index contributed by atoms with van der Waals surface area (Å²) >= 11 is 0. The van der Waals surface area contributed by atoms with E-state index in [-0.39, 0.29) is 17.4 Å². The second-order valence-electron chi connectivity index (χ2n) is 6.57. The summed E-state index contributed by atoms with van der Waals surface area (Å²) < 4.78 is 6.04. The molecule has 1 N–H and O–H groups in total. The molecule has 0 aromatic heterocycles. The Morgan fingerprint density at radius 3 is 2.95 bits per heavy atom. The van der Waals surface area contributed by atoms with E-state index in [4.69, 9.17) is 4.74 Å². The van der Waals surface area contributed by atoms with Crippen molar-refractivity contribution in [3.05, 3.63) is 23.8 Å². The molecular formula is C17H24N2O2. The van der Waals surface area contributed by atoms with Crippen LogP contribution in [0.5, 0.6) is 5.75 Å². The summed E-state index contributed by atoms with van der Waals surface area (Å²) in [4.78, 5) is 14.8. The minimum absolute atomic E-state index is 0.0147. The van der Waals surface area contributed by atoms with Crippen molar-refractivity contribution < 1.29 is 9.53 Å². The van der Waals surface area contributed by atoms with Crippen LogP contribution in [0.4, 0.5) is 5.69 Å². The highest BCUT2D eigenvalue weighted by atomic mass is 16.5. The van der Waals surface area contributed by atoms with Gasteiger partial charge >= 0.3 is 0 Å². The molecule has 3 rings (SSSR count). The lowest BCUT2D eigenvalue weighted by Gasteiger charge is -2.40. The van der Waals surface area contributed by atoms with Crippen molar-refractivity contribution in [2.24, 2.45) is 0 Å². The monoisotopic (exact) mass is 288 g/mol. The molecule has 21 heavy (non-hydrogen) atoms. The van der Waals surface area contributed by atoms with Gasteiger partial charge in [-0.3, -0.25) is 4.79 Å². The number of nitrogens with zero attached hydrogens (tertiary/aromatic N) is 1. The van der Waals surface area contributed by atoms with Crippen molar-refractivity contribution in [2.75, 3.05) is 24.5 Å². The van der Waals surface area contributed by atoms with Crippen LogP contribution in [-0.2, 0) is 0 Å². The van der Waals surface area contributed by atoms with E-state index >= 15 is 0 Å². The van der Waals surface area contributed by atoms with Crippen molar-refractivity contribution in [1.29, 1.82) is 0 Å². The summed E-state index contributed by atoms with van der Waals surface area (Å²) in [6, 6.07) is 5.83. The highest BCUT2D eigenvalue weighted by Gasteiger charge is 2.32. The second-order valence-corrected chi connectivity index (χ2v) is 6.57. The smallest absolute Gasteiger partial charge is 0.179 e. The van der Waals surface area contributed by atoms with Crippen LogP contribution in [0.2, 0.25) is 0 Å². The minimum Gasteiger partial charge on any atom is -0.484 e. The summed E-state index contributed by atoms with van der Waals surface area (Å²) in [6.45, 7) is 9.03. The fourth-order valence-electron chi connectivity index (χ4n) is 3.27. The Balaban J connectivity index is 1.91. The number of rotatable bonds is 3. The third-order valence-electron chi connectivity index (χ3n) is 4.30. The lowest BCUT2D eigenvalue weighted by atomic mass is 9.99. The number of ketones is 1. The molecule has 1 fully saturated rings. The maximum Gasteiger partial charge on any atom is 0.179 e. The number of carbonyl (C=O) groups excluding carboxylic acids is 1. The van der Waals surface area contributed by atoms with Crippen molar-refractivity contribution in [1.82, 2.24) is 5.32 Å². The van der Waals surface area contributed by atoms with Crippen LogP contribution >= 0.6 is 0 Å². The van der Waals surface area contributed by atoms with E-state index in [9.17, 15) is 4.79 Å². The molecule has 1 saturated heterocycles. The number of fused-ring (bicyclic) bond motifs is 1. The molecule has 0 amide bonds. The first kappa shape index (κ1) is 14.4. The predicted octanol–water partition coefficient (Wildman–Crippen LogP) is 2.62. The van der Waals surface area contributed by atoms with Gasteiger partial charge in [-0.15, -0.1) is 0 Å². The van der Waals surface area contributed by atoms with Gasteiger partial charge in [0, 0.05) is 12.1 Å². The van der Waals surface area contributed by atoms with Gasteiger partial charge in [0.15, 0.2) is 5.78 Å². The normalized spacial score (nSPS) is 23.6. The van der Waals surface area contributed by atoms with E-state index in [1.807, 2.05) is 18.2 Å². The standard InChI is InChI=1S/C17H24N2O2/c1-4-19-11-17(2,3)21-15-8-7-12(10-14(15)19)16(20)13-6-5-9-18-13/h7-8,10,13,18H,4-6,9,11H2,1-3H3. The average molecular weight is 288 g/mol. The number of hydrogen-bond acceptors (Lipinski definition) is 4. The number of carbonyl (C=O) groups is 1. The van der Waals surface area contributed by atoms with Gasteiger partial charge in [0.2, 0.25) is 0 Å². The van der Waals surface area contributed by atoms with Gasteiger partial charge in [0.05, 0.1) is 18.3 Å². The summed E-state index contributed by atoms with van der Waals surface area (Å²) in [5.74, 6) is 1.08. The zero-order valence-electron chi connectivity index (χ0n) is 13.1. The first-order chi connectivity index (χ1) is 10.00. The molecule has 0 saturated carbocycles. The first-order valence-corrected chi connectivity index (χ1v) is 7.86. The predicted molar refractivity (Wildman–Crippen MR) is 84.4 cm³/mol. The molecule has 4 nitrogen and oxygen atoms in total. The van der Waals surface area contributed by atoms with E-state index in [1.54, 1.807) is 0 Å². The van der Waals surface area contributed by atoms with Crippen molar-refractivity contribution in [3.63, 3.8) is 0 Å². The van der Waals surface area contributed by atoms with Gasteiger partial charge < -0.3 is 15.0 Å². The van der Waals surface area contributed by atoms with Crippen molar-refractivity contribution in [3.8, 4) is 5.75 Å². The Labute approximate surface area is 126 Å². The Kier molecular flexibility index (Phi) is 3.66. The minimum atomic E-state index is -0.193. The van der Waals surface area contributed by atoms with Crippen LogP contribution in [0.1, 0.15) is 44.0 Å². The second kappa shape index (κ2) is 5.34. The van der Waals surface area contributed by atoms with Crippen LogP contribution in [0.3, 0.4) is 0 Å². The van der Waals surface area contributed by atoms with Gasteiger partial charge in [0.25, 0.3) is 0 Å². The van der Waals surface area contributed by atoms with Crippen LogP contribution in [0, 0.1) is 0 Å². The van der Waals surface area contributed by atoms with Crippen molar-refractivity contribution >= 4 is 11.5 Å². The maximum atomic E-state index is 12.5. The molecule has 114 valence electrons. The molecule has 0 bridgehead atoms. The molecule has 2 aliphatic heterocycles. The highest BCUT2D eigenvalue weighted by Crippen LogP contribution is 2.37. The third-order valence-corrected chi connectivity index (χ3v) is 4.30. The Morgan fingerprint density at radius 1 is 1.48 bits per heavy atom. The number of hydrogen-bond donors (Lipinski definition) is 1. The van der Waals surface area contributed by atoms with Gasteiger partial charge in [-0.2, -0.15) is 0 Å². The highest BCUT2D eigenvalue weighted by molar-refractivity contribution is 6.01. The first-order valence-electron chi connectivity index (χ1n) is 7.86. The van der Waals surface area contributed by atoms with Gasteiger partial charge in [-0.05, 0) is 58.4 Å². The lowest BCUT2D eigenvalue weighted by Crippen LogP contribution is -2.46. The number of nitrogens with one attached hydrogen (secondary N) is 1. The van der Waals surface area contributed by atoms with E-state index in [0.717, 1.165) is 49.5 Å². The zero-order valence-corrected chi connectivity index (χ0v) is 13.1. The Hall–Kier alpha value is -1.55. The van der Waals surface area contributed by atoms with Crippen molar-refractivity contribution in [2.45, 2.75) is 45.3 Å². The number of likely N-dealkylation sites (N-methyl/N-ethyl adjacent to an activating group) is 1. The van der Waals surface area contributed by atoms with Crippen LogP contribution < -0.4 is 15.0 Å². The number of Topliss-reactive ketones (excluding diaryl/α,β-unsaturated/α-hetero) is 1. The topological polar surface area (TPSA) is 41.6 Å². The molecule has 1 atom stereocenters. The van der Waals surface area contributed by atoms with Gasteiger partial charge in [-0.1, -0.05) is 0 Å². The summed E-state index contributed by atoms with van der Waals surface area (Å²) in [7, 11) is 0. The number of benzene rings is 1. The molecule has 2 aliphatic rings. The average Bonchev–Trinajstić information content (AvgIpc) is 2.98. The molecule has 1 unspecified atom stereocenters. The molecule has 4 heteroatoms. The quantitative estimate of drug-likeness (QED) is 0.868. The van der Waals surface area contributed by atoms with E-state index in [0.29, 0.717) is 0 Å². The molecular weight excluding hydrogens is 264 g/mol.